The third-order valence-electron chi connectivity index (χ3n) is 7.00. The number of thiophene rings is 1. The highest BCUT2D eigenvalue weighted by molar-refractivity contribution is 7.17. The number of aromatic nitrogens is 1. The van der Waals surface area contributed by atoms with Crippen LogP contribution in [-0.2, 0) is 11.3 Å². The number of amides is 1. The normalized spacial score (nSPS) is 25.1. The SMILES string of the molecule is NC1=C(N2C(=O)c3cc4sccc4n3CC2(N)C(=O)CC2CCCCC2)CCC=C1O. The first-order chi connectivity index (χ1) is 14.9. The minimum atomic E-state index is -1.53. The number of carbonyl (C=O) groups excluding carboxylic acids is 2. The molecule has 1 fully saturated rings. The highest BCUT2D eigenvalue weighted by Gasteiger charge is 2.50. The van der Waals surface area contributed by atoms with E-state index in [9.17, 15) is 14.7 Å². The Morgan fingerprint density at radius 1 is 1.29 bits per heavy atom. The standard InChI is InChI=1S/C23H28N4O3S/c24-21-16(7-4-8-18(21)28)27-22(30)17-12-19-15(9-10-31-19)26(17)13-23(27,25)20(29)11-14-5-2-1-3-6-14/h8-10,12,14,28H,1-7,11,13,24-25H2. The predicted octanol–water partition coefficient (Wildman–Crippen LogP) is 3.76. The van der Waals surface area contributed by atoms with Crippen LogP contribution in [0.4, 0.5) is 0 Å². The van der Waals surface area contributed by atoms with E-state index < -0.39 is 5.66 Å². The fraction of sp³-hybridized carbons (Fsp3) is 0.478. The van der Waals surface area contributed by atoms with E-state index in [2.05, 4.69) is 0 Å². The van der Waals surface area contributed by atoms with Crippen LogP contribution in [0.1, 0.15) is 61.9 Å². The molecular weight excluding hydrogens is 412 g/mol. The fourth-order valence-electron chi connectivity index (χ4n) is 5.31. The largest absolute Gasteiger partial charge is 0.506 e. The Kier molecular flexibility index (Phi) is 4.94. The van der Waals surface area contributed by atoms with Crippen molar-refractivity contribution in [3.05, 3.63) is 46.4 Å². The van der Waals surface area contributed by atoms with Gasteiger partial charge in [0.1, 0.15) is 11.5 Å². The summed E-state index contributed by atoms with van der Waals surface area (Å²) in [5.74, 6) is -0.221. The molecule has 3 heterocycles. The zero-order valence-electron chi connectivity index (χ0n) is 17.5. The zero-order chi connectivity index (χ0) is 21.8. The van der Waals surface area contributed by atoms with Gasteiger partial charge in [-0.2, -0.15) is 0 Å². The molecule has 1 aliphatic heterocycles. The molecule has 0 radical (unpaired) electrons. The summed E-state index contributed by atoms with van der Waals surface area (Å²) in [4.78, 5) is 28.8. The molecule has 5 N–H and O–H groups in total. The van der Waals surface area contributed by atoms with Crippen molar-refractivity contribution in [3.8, 4) is 0 Å². The third kappa shape index (κ3) is 3.20. The molecule has 5 rings (SSSR count). The molecule has 8 heteroatoms. The molecule has 1 saturated carbocycles. The quantitative estimate of drug-likeness (QED) is 0.670. The topological polar surface area (TPSA) is 115 Å². The average molecular weight is 441 g/mol. The lowest BCUT2D eigenvalue weighted by molar-refractivity contribution is -0.131. The minimum absolute atomic E-state index is 0.0573. The minimum Gasteiger partial charge on any atom is -0.506 e. The molecule has 1 unspecified atom stereocenters. The lowest BCUT2D eigenvalue weighted by Gasteiger charge is -2.46. The predicted molar refractivity (Wildman–Crippen MR) is 120 cm³/mol. The van der Waals surface area contributed by atoms with Crippen molar-refractivity contribution in [3.63, 3.8) is 0 Å². The van der Waals surface area contributed by atoms with Crippen molar-refractivity contribution in [1.29, 1.82) is 0 Å². The lowest BCUT2D eigenvalue weighted by atomic mass is 9.82. The van der Waals surface area contributed by atoms with Crippen molar-refractivity contribution in [2.45, 2.75) is 63.6 Å². The molecule has 0 aromatic carbocycles. The summed E-state index contributed by atoms with van der Waals surface area (Å²) in [6.45, 7) is 0.182. The summed E-state index contributed by atoms with van der Waals surface area (Å²) in [5, 5.41) is 12.2. The number of ketones is 1. The van der Waals surface area contributed by atoms with Gasteiger partial charge in [-0.1, -0.05) is 32.1 Å². The van der Waals surface area contributed by atoms with Gasteiger partial charge in [-0.05, 0) is 42.3 Å². The molecule has 0 saturated heterocycles. The Labute approximate surface area is 185 Å². The summed E-state index contributed by atoms with van der Waals surface area (Å²) in [6, 6.07) is 3.82. The Balaban J connectivity index is 1.61. The van der Waals surface area contributed by atoms with E-state index in [0.29, 0.717) is 36.6 Å². The number of nitrogens with zero attached hydrogens (tertiary/aromatic N) is 2. The number of carbonyl (C=O) groups is 2. The van der Waals surface area contributed by atoms with Crippen LogP contribution >= 0.6 is 11.3 Å². The summed E-state index contributed by atoms with van der Waals surface area (Å²) in [5.41, 5.74) is 13.5. The first-order valence-electron chi connectivity index (χ1n) is 11.0. The molecular formula is C23H28N4O3S. The van der Waals surface area contributed by atoms with E-state index in [4.69, 9.17) is 11.5 Å². The Bertz CT molecular complexity index is 1120. The molecule has 2 aromatic rings. The van der Waals surface area contributed by atoms with Crippen molar-refractivity contribution < 1.29 is 14.7 Å². The maximum absolute atomic E-state index is 13.7. The van der Waals surface area contributed by atoms with Gasteiger partial charge in [-0.15, -0.1) is 11.3 Å². The van der Waals surface area contributed by atoms with Crippen LogP contribution in [0.3, 0.4) is 0 Å². The molecule has 2 aromatic heterocycles. The number of hydrogen-bond acceptors (Lipinski definition) is 6. The molecule has 0 bridgehead atoms. The van der Waals surface area contributed by atoms with E-state index >= 15 is 0 Å². The van der Waals surface area contributed by atoms with Gasteiger partial charge in [-0.3, -0.25) is 14.5 Å². The van der Waals surface area contributed by atoms with E-state index in [1.807, 2.05) is 22.1 Å². The van der Waals surface area contributed by atoms with Gasteiger partial charge < -0.3 is 21.1 Å². The number of nitrogens with two attached hydrogens (primary N) is 2. The van der Waals surface area contributed by atoms with Crippen molar-refractivity contribution >= 4 is 33.2 Å². The molecule has 3 aliphatic rings. The molecule has 31 heavy (non-hydrogen) atoms. The average Bonchev–Trinajstić information content (AvgIpc) is 3.34. The summed E-state index contributed by atoms with van der Waals surface area (Å²) >= 11 is 1.55. The number of allylic oxidation sites excluding steroid dienone is 2. The number of aliphatic hydroxyl groups excluding tert-OH is 1. The lowest BCUT2D eigenvalue weighted by Crippen LogP contribution is -2.68. The van der Waals surface area contributed by atoms with Crippen LogP contribution in [0.5, 0.6) is 0 Å². The second kappa shape index (κ2) is 7.53. The number of Topliss-reactive ketones (excluding diaryl/α,β-unsaturated/α-hetero) is 1. The number of aliphatic hydroxyl groups is 1. The molecule has 1 amide bonds. The van der Waals surface area contributed by atoms with E-state index in [1.165, 1.54) is 11.3 Å². The van der Waals surface area contributed by atoms with Crippen LogP contribution in [0.2, 0.25) is 0 Å². The second-order valence-electron chi connectivity index (χ2n) is 8.97. The van der Waals surface area contributed by atoms with Gasteiger partial charge in [0.15, 0.2) is 11.4 Å². The molecule has 1 atom stereocenters. The fourth-order valence-corrected chi connectivity index (χ4v) is 6.13. The molecule has 7 nitrogen and oxygen atoms in total. The van der Waals surface area contributed by atoms with Crippen molar-refractivity contribution in [2.75, 3.05) is 0 Å². The number of rotatable bonds is 4. The van der Waals surface area contributed by atoms with Crippen molar-refractivity contribution in [2.24, 2.45) is 17.4 Å². The number of fused-ring (bicyclic) bond motifs is 3. The maximum Gasteiger partial charge on any atom is 0.276 e. The van der Waals surface area contributed by atoms with Gasteiger partial charge in [0.05, 0.1) is 28.2 Å². The van der Waals surface area contributed by atoms with Gasteiger partial charge in [0, 0.05) is 6.42 Å². The van der Waals surface area contributed by atoms with E-state index in [0.717, 1.165) is 35.9 Å². The highest BCUT2D eigenvalue weighted by atomic mass is 32.1. The second-order valence-corrected chi connectivity index (χ2v) is 9.92. The zero-order valence-corrected chi connectivity index (χ0v) is 18.3. The van der Waals surface area contributed by atoms with Crippen LogP contribution in [0.15, 0.2) is 40.7 Å². The van der Waals surface area contributed by atoms with Gasteiger partial charge in [0.2, 0.25) is 0 Å². The Morgan fingerprint density at radius 2 is 2.06 bits per heavy atom. The first kappa shape index (κ1) is 20.3. The van der Waals surface area contributed by atoms with Gasteiger partial charge in [-0.25, -0.2) is 0 Å². The van der Waals surface area contributed by atoms with Gasteiger partial charge in [0.25, 0.3) is 5.91 Å². The summed E-state index contributed by atoms with van der Waals surface area (Å²) in [6.07, 6.45) is 8.49. The highest BCUT2D eigenvalue weighted by Crippen LogP contribution is 2.39. The van der Waals surface area contributed by atoms with Crippen LogP contribution in [0.25, 0.3) is 10.2 Å². The van der Waals surface area contributed by atoms with Crippen molar-refractivity contribution in [1.82, 2.24) is 9.47 Å². The summed E-state index contributed by atoms with van der Waals surface area (Å²) < 4.78 is 2.86. The van der Waals surface area contributed by atoms with E-state index in [-0.39, 0.29) is 29.7 Å². The Hall–Kier alpha value is -2.58. The molecule has 0 spiro atoms. The van der Waals surface area contributed by atoms with E-state index in [1.54, 1.807) is 17.4 Å². The summed E-state index contributed by atoms with van der Waals surface area (Å²) in [7, 11) is 0. The number of hydrogen-bond donors (Lipinski definition) is 3. The maximum atomic E-state index is 13.7. The Morgan fingerprint density at radius 3 is 2.84 bits per heavy atom. The van der Waals surface area contributed by atoms with Crippen LogP contribution in [0, 0.1) is 5.92 Å². The van der Waals surface area contributed by atoms with Crippen LogP contribution < -0.4 is 11.5 Å². The van der Waals surface area contributed by atoms with Gasteiger partial charge >= 0.3 is 0 Å². The van der Waals surface area contributed by atoms with Crippen LogP contribution in [-0.4, -0.2) is 31.9 Å². The molecule has 2 aliphatic carbocycles. The monoisotopic (exact) mass is 440 g/mol. The first-order valence-corrected chi connectivity index (χ1v) is 11.9. The third-order valence-corrected chi connectivity index (χ3v) is 7.85. The molecule has 164 valence electrons. The smallest absolute Gasteiger partial charge is 0.276 e.